The first kappa shape index (κ1) is 13.4. The molecule has 0 radical (unpaired) electrons. The molecule has 0 atom stereocenters. The fraction of sp³-hybridized carbons (Fsp3) is 0.462. The van der Waals surface area contributed by atoms with E-state index in [4.69, 9.17) is 15.2 Å². The van der Waals surface area contributed by atoms with Crippen LogP contribution in [0.1, 0.15) is 24.8 Å². The van der Waals surface area contributed by atoms with Crippen molar-refractivity contribution in [3.63, 3.8) is 0 Å². The summed E-state index contributed by atoms with van der Waals surface area (Å²) in [6, 6.07) is 5.72. The number of unbranched alkanes of at least 4 members (excludes halogenated alkanes) is 1. The lowest BCUT2D eigenvalue weighted by molar-refractivity contribution is -0.118. The fourth-order valence-corrected chi connectivity index (χ4v) is 1.69. The number of methoxy groups -OCH3 is 2. The molecule has 4 nitrogen and oxygen atoms in total. The van der Waals surface area contributed by atoms with Gasteiger partial charge in [0.2, 0.25) is 5.91 Å². The molecule has 2 N–H and O–H groups in total. The van der Waals surface area contributed by atoms with Crippen LogP contribution in [-0.2, 0) is 11.2 Å². The van der Waals surface area contributed by atoms with E-state index in [0.29, 0.717) is 6.42 Å². The van der Waals surface area contributed by atoms with Gasteiger partial charge in [0.05, 0.1) is 14.2 Å². The van der Waals surface area contributed by atoms with Crippen molar-refractivity contribution < 1.29 is 14.3 Å². The van der Waals surface area contributed by atoms with E-state index in [1.54, 1.807) is 14.2 Å². The second-order valence-corrected chi connectivity index (χ2v) is 3.85. The average Bonchev–Trinajstić information content (AvgIpc) is 2.34. The van der Waals surface area contributed by atoms with Crippen molar-refractivity contribution in [1.82, 2.24) is 0 Å². The molecule has 0 aliphatic rings. The first-order chi connectivity index (χ1) is 8.17. The van der Waals surface area contributed by atoms with Crippen molar-refractivity contribution >= 4 is 5.91 Å². The summed E-state index contributed by atoms with van der Waals surface area (Å²) in [7, 11) is 3.29. The van der Waals surface area contributed by atoms with E-state index < -0.39 is 0 Å². The first-order valence-corrected chi connectivity index (χ1v) is 5.66. The third-order valence-electron chi connectivity index (χ3n) is 2.61. The lowest BCUT2D eigenvalue weighted by Gasteiger charge is -2.10. The Hall–Kier alpha value is -1.71. The Kier molecular flexibility index (Phi) is 5.33. The number of primary amides is 1. The molecule has 0 aliphatic carbocycles. The molecule has 0 aromatic heterocycles. The van der Waals surface area contributed by atoms with Crippen LogP contribution in [0.25, 0.3) is 0 Å². The number of nitrogens with two attached hydrogens (primary N) is 1. The van der Waals surface area contributed by atoms with E-state index in [-0.39, 0.29) is 5.91 Å². The molecule has 94 valence electrons. The number of amides is 1. The SMILES string of the molecule is COc1ccc(OC)c(CCCCC(N)=O)c1. The van der Waals surface area contributed by atoms with Crippen LogP contribution >= 0.6 is 0 Å². The highest BCUT2D eigenvalue weighted by molar-refractivity contribution is 5.73. The van der Waals surface area contributed by atoms with Crippen LogP contribution in [0.5, 0.6) is 11.5 Å². The summed E-state index contributed by atoms with van der Waals surface area (Å²) in [5, 5.41) is 0. The minimum absolute atomic E-state index is 0.248. The van der Waals surface area contributed by atoms with Gasteiger partial charge < -0.3 is 15.2 Å². The molecule has 0 heterocycles. The van der Waals surface area contributed by atoms with E-state index >= 15 is 0 Å². The van der Waals surface area contributed by atoms with E-state index in [0.717, 1.165) is 36.3 Å². The summed E-state index contributed by atoms with van der Waals surface area (Å²) >= 11 is 0. The molecule has 0 fully saturated rings. The summed E-state index contributed by atoms with van der Waals surface area (Å²) in [6.45, 7) is 0. The lowest BCUT2D eigenvalue weighted by Crippen LogP contribution is -2.09. The standard InChI is InChI=1S/C13H19NO3/c1-16-11-7-8-12(17-2)10(9-11)5-3-4-6-13(14)15/h7-9H,3-6H2,1-2H3,(H2,14,15). The predicted octanol–water partition coefficient (Wildman–Crippen LogP) is 1.90. The number of benzene rings is 1. The molecule has 17 heavy (non-hydrogen) atoms. The molecule has 1 rings (SSSR count). The quantitative estimate of drug-likeness (QED) is 0.737. The zero-order chi connectivity index (χ0) is 12.7. The van der Waals surface area contributed by atoms with Gasteiger partial charge in [0.1, 0.15) is 11.5 Å². The number of hydrogen-bond donors (Lipinski definition) is 1. The van der Waals surface area contributed by atoms with Gasteiger partial charge in [-0.05, 0) is 43.0 Å². The highest BCUT2D eigenvalue weighted by atomic mass is 16.5. The number of carbonyl (C=O) groups is 1. The Morgan fingerprint density at radius 3 is 2.59 bits per heavy atom. The Bertz CT molecular complexity index is 377. The summed E-state index contributed by atoms with van der Waals surface area (Å²) in [6.07, 6.45) is 3.00. The molecule has 0 spiro atoms. The number of rotatable bonds is 7. The van der Waals surface area contributed by atoms with Crippen LogP contribution in [0.15, 0.2) is 18.2 Å². The second kappa shape index (κ2) is 6.78. The molecule has 0 aliphatic heterocycles. The summed E-state index contributed by atoms with van der Waals surface area (Å²) in [5.41, 5.74) is 6.18. The number of carbonyl (C=O) groups excluding carboxylic acids is 1. The molecular weight excluding hydrogens is 218 g/mol. The van der Waals surface area contributed by atoms with E-state index in [1.807, 2.05) is 18.2 Å². The number of ether oxygens (including phenoxy) is 2. The highest BCUT2D eigenvalue weighted by Gasteiger charge is 2.05. The Morgan fingerprint density at radius 2 is 2.00 bits per heavy atom. The maximum atomic E-state index is 10.6. The van der Waals surface area contributed by atoms with Gasteiger partial charge in [0.25, 0.3) is 0 Å². The third kappa shape index (κ3) is 4.34. The van der Waals surface area contributed by atoms with Gasteiger partial charge in [0.15, 0.2) is 0 Å². The highest BCUT2D eigenvalue weighted by Crippen LogP contribution is 2.25. The topological polar surface area (TPSA) is 61.6 Å². The molecule has 4 heteroatoms. The van der Waals surface area contributed by atoms with Crippen LogP contribution in [0.3, 0.4) is 0 Å². The third-order valence-corrected chi connectivity index (χ3v) is 2.61. The van der Waals surface area contributed by atoms with E-state index in [1.165, 1.54) is 0 Å². The number of aryl methyl sites for hydroxylation is 1. The summed E-state index contributed by atoms with van der Waals surface area (Å²) in [5.74, 6) is 1.42. The normalized spacial score (nSPS) is 10.0. The molecule has 0 saturated heterocycles. The minimum atomic E-state index is -0.248. The van der Waals surface area contributed by atoms with Gasteiger partial charge in [-0.25, -0.2) is 0 Å². The Balaban J connectivity index is 2.58. The van der Waals surface area contributed by atoms with Crippen molar-refractivity contribution in [1.29, 1.82) is 0 Å². The van der Waals surface area contributed by atoms with Gasteiger partial charge in [-0.15, -0.1) is 0 Å². The van der Waals surface area contributed by atoms with Gasteiger partial charge in [-0.2, -0.15) is 0 Å². The smallest absolute Gasteiger partial charge is 0.217 e. The van der Waals surface area contributed by atoms with Crippen LogP contribution in [0.2, 0.25) is 0 Å². The Morgan fingerprint density at radius 1 is 1.24 bits per heavy atom. The van der Waals surface area contributed by atoms with Crippen LogP contribution in [0.4, 0.5) is 0 Å². The predicted molar refractivity (Wildman–Crippen MR) is 66.3 cm³/mol. The van der Waals surface area contributed by atoms with Crippen LogP contribution < -0.4 is 15.2 Å². The van der Waals surface area contributed by atoms with Crippen molar-refractivity contribution in [3.8, 4) is 11.5 Å². The second-order valence-electron chi connectivity index (χ2n) is 3.85. The molecule has 1 amide bonds. The van der Waals surface area contributed by atoms with Gasteiger partial charge in [-0.1, -0.05) is 0 Å². The summed E-state index contributed by atoms with van der Waals surface area (Å²) in [4.78, 5) is 10.6. The maximum absolute atomic E-state index is 10.6. The van der Waals surface area contributed by atoms with Gasteiger partial charge in [0, 0.05) is 6.42 Å². The molecule has 1 aromatic carbocycles. The molecule has 0 bridgehead atoms. The monoisotopic (exact) mass is 237 g/mol. The van der Waals surface area contributed by atoms with Crippen molar-refractivity contribution in [2.75, 3.05) is 14.2 Å². The van der Waals surface area contributed by atoms with Gasteiger partial charge in [-0.3, -0.25) is 4.79 Å². The van der Waals surface area contributed by atoms with E-state index in [9.17, 15) is 4.79 Å². The Labute approximate surface area is 102 Å². The number of hydrogen-bond acceptors (Lipinski definition) is 3. The molecule has 1 aromatic rings. The molecule has 0 unspecified atom stereocenters. The average molecular weight is 237 g/mol. The maximum Gasteiger partial charge on any atom is 0.217 e. The zero-order valence-corrected chi connectivity index (χ0v) is 10.4. The van der Waals surface area contributed by atoms with Crippen molar-refractivity contribution in [3.05, 3.63) is 23.8 Å². The van der Waals surface area contributed by atoms with Crippen molar-refractivity contribution in [2.45, 2.75) is 25.7 Å². The minimum Gasteiger partial charge on any atom is -0.497 e. The molecule has 0 saturated carbocycles. The largest absolute Gasteiger partial charge is 0.497 e. The lowest BCUT2D eigenvalue weighted by atomic mass is 10.1. The van der Waals surface area contributed by atoms with E-state index in [2.05, 4.69) is 0 Å². The molecular formula is C13H19NO3. The fourth-order valence-electron chi connectivity index (χ4n) is 1.69. The summed E-state index contributed by atoms with van der Waals surface area (Å²) < 4.78 is 10.4. The van der Waals surface area contributed by atoms with Gasteiger partial charge >= 0.3 is 0 Å². The van der Waals surface area contributed by atoms with Crippen LogP contribution in [-0.4, -0.2) is 20.1 Å². The van der Waals surface area contributed by atoms with Crippen molar-refractivity contribution in [2.24, 2.45) is 5.73 Å². The van der Waals surface area contributed by atoms with Crippen LogP contribution in [0, 0.1) is 0 Å². The zero-order valence-electron chi connectivity index (χ0n) is 10.4. The first-order valence-electron chi connectivity index (χ1n) is 5.66.